The molecule has 0 aromatic heterocycles. The van der Waals surface area contributed by atoms with Crippen molar-refractivity contribution in [1.29, 1.82) is 0 Å². The highest BCUT2D eigenvalue weighted by atomic mass is 16.5. The minimum atomic E-state index is 0.422. The van der Waals surface area contributed by atoms with Crippen molar-refractivity contribution in [3.63, 3.8) is 0 Å². The number of fused-ring (bicyclic) bond motifs is 1. The van der Waals surface area contributed by atoms with Crippen LogP contribution in [0.2, 0.25) is 0 Å². The maximum absolute atomic E-state index is 7.00. The topological polar surface area (TPSA) is 55.5 Å². The van der Waals surface area contributed by atoms with Gasteiger partial charge in [-0.1, -0.05) is 31.5 Å². The third-order valence-corrected chi connectivity index (χ3v) is 5.50. The van der Waals surface area contributed by atoms with Crippen LogP contribution in [0, 0.1) is 5.92 Å². The average molecular weight is 334 g/mol. The van der Waals surface area contributed by atoms with Gasteiger partial charge in [-0.25, -0.2) is 0 Å². The van der Waals surface area contributed by atoms with Crippen LogP contribution in [0.15, 0.2) is 18.2 Å². The third kappa shape index (κ3) is 5.30. The maximum atomic E-state index is 7.00. The van der Waals surface area contributed by atoms with Gasteiger partial charge in [-0.15, -0.1) is 0 Å². The molecular formula is C21H35NO2. The van der Waals surface area contributed by atoms with Crippen LogP contribution in [-0.4, -0.2) is 31.5 Å². The minimum Gasteiger partial charge on any atom is -0.400 e. The summed E-state index contributed by atoms with van der Waals surface area (Å²) in [5, 5.41) is 7.00. The van der Waals surface area contributed by atoms with Gasteiger partial charge in [0.1, 0.15) is 0 Å². The molecule has 0 heterocycles. The van der Waals surface area contributed by atoms with E-state index in [0.29, 0.717) is 12.0 Å². The Labute approximate surface area is 147 Å². The van der Waals surface area contributed by atoms with Crippen molar-refractivity contribution in [1.82, 2.24) is 0 Å². The van der Waals surface area contributed by atoms with Crippen molar-refractivity contribution in [3.05, 3.63) is 34.9 Å². The lowest BCUT2D eigenvalue weighted by Gasteiger charge is -2.26. The van der Waals surface area contributed by atoms with Gasteiger partial charge in [0.2, 0.25) is 0 Å². The van der Waals surface area contributed by atoms with Crippen molar-refractivity contribution < 1.29 is 9.84 Å². The first kappa shape index (κ1) is 19.4. The molecular weight excluding hydrogens is 298 g/mol. The number of nitrogens with two attached hydrogens (primary N) is 1. The Balaban J connectivity index is 0.00000100. The molecule has 1 fully saturated rings. The molecule has 1 aromatic carbocycles. The maximum Gasteiger partial charge on any atom is 0.0497 e. The highest BCUT2D eigenvalue weighted by Crippen LogP contribution is 2.36. The number of hydrogen-bond acceptors (Lipinski definition) is 3. The Morgan fingerprint density at radius 2 is 2.00 bits per heavy atom. The number of hydrogen-bond donors (Lipinski definition) is 2. The van der Waals surface area contributed by atoms with E-state index in [-0.39, 0.29) is 0 Å². The number of aliphatic hydroxyl groups excluding tert-OH is 1. The fraction of sp³-hybridized carbons (Fsp3) is 0.714. The highest BCUT2D eigenvalue weighted by molar-refractivity contribution is 5.36. The van der Waals surface area contributed by atoms with E-state index in [9.17, 15) is 0 Å². The Bertz CT molecular complexity index is 489. The second-order valence-electron chi connectivity index (χ2n) is 7.34. The molecule has 2 aliphatic rings. The van der Waals surface area contributed by atoms with Crippen LogP contribution in [-0.2, 0) is 17.6 Å². The van der Waals surface area contributed by atoms with E-state index in [1.54, 1.807) is 11.1 Å². The van der Waals surface area contributed by atoms with E-state index in [2.05, 4.69) is 25.1 Å². The smallest absolute Gasteiger partial charge is 0.0497 e. The van der Waals surface area contributed by atoms with Crippen molar-refractivity contribution >= 4 is 0 Å². The zero-order valence-corrected chi connectivity index (χ0v) is 15.5. The summed E-state index contributed by atoms with van der Waals surface area (Å²) in [4.78, 5) is 0. The number of benzene rings is 1. The Morgan fingerprint density at radius 3 is 2.71 bits per heavy atom. The predicted molar refractivity (Wildman–Crippen MR) is 100 cm³/mol. The van der Waals surface area contributed by atoms with E-state index >= 15 is 0 Å². The summed E-state index contributed by atoms with van der Waals surface area (Å²) in [6.45, 7) is 4.09. The molecule has 0 radical (unpaired) electrons. The van der Waals surface area contributed by atoms with Crippen LogP contribution in [0.3, 0.4) is 0 Å². The molecule has 0 amide bonds. The normalized spacial score (nSPS) is 25.8. The van der Waals surface area contributed by atoms with E-state index in [1.807, 2.05) is 0 Å². The first-order valence-electron chi connectivity index (χ1n) is 9.66. The van der Waals surface area contributed by atoms with Crippen molar-refractivity contribution in [2.24, 2.45) is 11.7 Å². The quantitative estimate of drug-likeness (QED) is 0.778. The van der Waals surface area contributed by atoms with E-state index in [1.165, 1.54) is 56.9 Å². The second-order valence-corrected chi connectivity index (χ2v) is 7.34. The Morgan fingerprint density at radius 1 is 1.17 bits per heavy atom. The van der Waals surface area contributed by atoms with E-state index < -0.39 is 0 Å². The van der Waals surface area contributed by atoms with Gasteiger partial charge >= 0.3 is 0 Å². The van der Waals surface area contributed by atoms with Crippen LogP contribution < -0.4 is 5.73 Å². The number of aryl methyl sites for hydroxylation is 1. The van der Waals surface area contributed by atoms with E-state index in [4.69, 9.17) is 15.6 Å². The molecule has 136 valence electrons. The van der Waals surface area contributed by atoms with Gasteiger partial charge in [-0.2, -0.15) is 0 Å². The number of ether oxygens (including phenoxy) is 1. The molecule has 1 aromatic rings. The minimum absolute atomic E-state index is 0.422. The van der Waals surface area contributed by atoms with Gasteiger partial charge in [0.05, 0.1) is 0 Å². The molecule has 3 atom stereocenters. The summed E-state index contributed by atoms with van der Waals surface area (Å²) in [6, 6.07) is 7.64. The molecule has 0 saturated heterocycles. The van der Waals surface area contributed by atoms with Gasteiger partial charge in [0, 0.05) is 26.4 Å². The summed E-state index contributed by atoms with van der Waals surface area (Å²) in [5.41, 5.74) is 10.7. The number of rotatable bonds is 6. The predicted octanol–water partition coefficient (Wildman–Crippen LogP) is 3.81. The lowest BCUT2D eigenvalue weighted by Crippen LogP contribution is -2.20. The standard InChI is InChI=1S/C20H31NO.CH4O/c1-2-3-10-22-14-15-4-5-17-12-18(7-6-16(17)11-15)19-8-9-20(21)13-19;1-2/h6-7,12,15,19-20H,2-5,8-11,13-14,21H2,1H3;2H,1H3/t15-,19?,20?;/m1./s1. The zero-order chi connectivity index (χ0) is 17.4. The zero-order valence-electron chi connectivity index (χ0n) is 15.5. The summed E-state index contributed by atoms with van der Waals surface area (Å²) >= 11 is 0. The fourth-order valence-electron chi connectivity index (χ4n) is 4.06. The molecule has 0 aliphatic heterocycles. The van der Waals surface area contributed by atoms with Gasteiger partial charge < -0.3 is 15.6 Å². The summed E-state index contributed by atoms with van der Waals surface area (Å²) in [5.74, 6) is 1.42. The summed E-state index contributed by atoms with van der Waals surface area (Å²) in [7, 11) is 1.00. The van der Waals surface area contributed by atoms with Gasteiger partial charge in [0.15, 0.2) is 0 Å². The first-order chi connectivity index (χ1) is 11.8. The first-order valence-corrected chi connectivity index (χ1v) is 9.66. The second kappa shape index (κ2) is 10.2. The van der Waals surface area contributed by atoms with Gasteiger partial charge in [-0.05, 0) is 73.5 Å². The van der Waals surface area contributed by atoms with Crippen LogP contribution >= 0.6 is 0 Å². The Kier molecular flexibility index (Phi) is 8.23. The molecule has 0 bridgehead atoms. The third-order valence-electron chi connectivity index (χ3n) is 5.50. The summed E-state index contributed by atoms with van der Waals surface area (Å²) in [6.07, 6.45) is 9.76. The molecule has 3 heteroatoms. The fourth-order valence-corrected chi connectivity index (χ4v) is 4.06. The van der Waals surface area contributed by atoms with Crippen LogP contribution in [0.5, 0.6) is 0 Å². The Hall–Kier alpha value is -0.900. The lowest BCUT2D eigenvalue weighted by atomic mass is 9.82. The average Bonchev–Trinajstić information content (AvgIpc) is 3.06. The number of unbranched alkanes of at least 4 members (excludes halogenated alkanes) is 1. The molecule has 1 saturated carbocycles. The van der Waals surface area contributed by atoms with Crippen LogP contribution in [0.1, 0.15) is 68.1 Å². The summed E-state index contributed by atoms with van der Waals surface area (Å²) < 4.78 is 5.83. The van der Waals surface area contributed by atoms with Crippen molar-refractivity contribution in [2.75, 3.05) is 20.3 Å². The SMILES string of the molecule is CCCCOC[C@@H]1CCc2cc(C3CCC(N)C3)ccc2C1.CO. The van der Waals surface area contributed by atoms with Crippen molar-refractivity contribution in [3.8, 4) is 0 Å². The largest absolute Gasteiger partial charge is 0.400 e. The lowest BCUT2D eigenvalue weighted by molar-refractivity contribution is 0.0921. The molecule has 3 N–H and O–H groups in total. The number of aliphatic hydroxyl groups is 1. The molecule has 2 aliphatic carbocycles. The van der Waals surface area contributed by atoms with Crippen LogP contribution in [0.4, 0.5) is 0 Å². The van der Waals surface area contributed by atoms with Crippen molar-refractivity contribution in [2.45, 2.75) is 70.3 Å². The van der Waals surface area contributed by atoms with Gasteiger partial charge in [-0.3, -0.25) is 0 Å². The molecule has 0 spiro atoms. The monoisotopic (exact) mass is 333 g/mol. The molecule has 3 nitrogen and oxygen atoms in total. The van der Waals surface area contributed by atoms with E-state index in [0.717, 1.165) is 26.2 Å². The molecule has 2 unspecified atom stereocenters. The van der Waals surface area contributed by atoms with Crippen LogP contribution in [0.25, 0.3) is 0 Å². The molecule has 24 heavy (non-hydrogen) atoms. The van der Waals surface area contributed by atoms with Gasteiger partial charge in [0.25, 0.3) is 0 Å². The molecule has 3 rings (SSSR count). The highest BCUT2D eigenvalue weighted by Gasteiger charge is 2.25.